The van der Waals surface area contributed by atoms with Crippen LogP contribution in [-0.4, -0.2) is 44.4 Å². The molecule has 0 saturated carbocycles. The lowest BCUT2D eigenvalue weighted by Gasteiger charge is -2.46. The van der Waals surface area contributed by atoms with Gasteiger partial charge in [-0.1, -0.05) is 0 Å². The van der Waals surface area contributed by atoms with E-state index in [1.165, 1.54) is 10.9 Å². The maximum absolute atomic E-state index is 11.7. The molecule has 0 radical (unpaired) electrons. The highest BCUT2D eigenvalue weighted by atomic mass is 32.2. The van der Waals surface area contributed by atoms with E-state index in [1.807, 2.05) is 19.2 Å². The molecule has 7 nitrogen and oxygen atoms in total. The quantitative estimate of drug-likeness (QED) is 0.484. The molecule has 2 aromatic rings. The highest BCUT2D eigenvalue weighted by Gasteiger charge is 2.39. The number of hydrogen-bond donors (Lipinski definition) is 1. The van der Waals surface area contributed by atoms with Crippen molar-refractivity contribution >= 4 is 21.5 Å². The SMILES string of the molecule is CC[N+]1=c2cc3c(cc2CCC1)=Nc1cc2c(cc1O3)N(C)C(C)(C)CC2CS(=O)(=O)O. The van der Waals surface area contributed by atoms with E-state index in [1.54, 1.807) is 0 Å². The number of fused-ring (bicyclic) bond motifs is 4. The summed E-state index contributed by atoms with van der Waals surface area (Å²) < 4.78 is 41.7. The van der Waals surface area contributed by atoms with Crippen molar-refractivity contribution in [2.24, 2.45) is 4.99 Å². The van der Waals surface area contributed by atoms with Gasteiger partial charge in [0.05, 0.1) is 11.8 Å². The van der Waals surface area contributed by atoms with Gasteiger partial charge >= 0.3 is 0 Å². The molecule has 0 aliphatic carbocycles. The highest BCUT2D eigenvalue weighted by Crippen LogP contribution is 2.48. The molecule has 1 N–H and O–H groups in total. The third-order valence-corrected chi connectivity index (χ3v) is 8.02. The first-order chi connectivity index (χ1) is 15.1. The Morgan fingerprint density at radius 3 is 2.75 bits per heavy atom. The van der Waals surface area contributed by atoms with Crippen LogP contribution in [0, 0.1) is 0 Å². The number of nitrogens with zero attached hydrogens (tertiary/aromatic N) is 3. The second-order valence-electron chi connectivity index (χ2n) is 9.75. The molecule has 2 aromatic carbocycles. The lowest BCUT2D eigenvalue weighted by Crippen LogP contribution is -2.47. The summed E-state index contributed by atoms with van der Waals surface area (Å²) in [7, 11) is -2.09. The fraction of sp³-hybridized carbons (Fsp3) is 0.500. The predicted octanol–water partition coefficient (Wildman–Crippen LogP) is 2.79. The standard InChI is InChI=1S/C24H29N3O4S/c1-5-27-8-6-7-15-9-18-22(11-20(15)27)31-23-12-21-17(10-19(23)25-18)16(14-32(28,29)30)13-24(2,3)26(21)4/h9-12,16H,5-8,13-14H2,1-4H3/p+1. The Kier molecular flexibility index (Phi) is 4.87. The van der Waals surface area contributed by atoms with Crippen LogP contribution in [0.1, 0.15) is 50.7 Å². The third-order valence-electron chi connectivity index (χ3n) is 7.19. The van der Waals surface area contributed by atoms with Crippen LogP contribution in [0.2, 0.25) is 0 Å². The molecule has 3 heterocycles. The largest absolute Gasteiger partial charge is 0.452 e. The minimum Gasteiger partial charge on any atom is -0.452 e. The second kappa shape index (κ2) is 7.28. The van der Waals surface area contributed by atoms with Gasteiger partial charge in [0.25, 0.3) is 10.1 Å². The number of benzene rings is 2. The van der Waals surface area contributed by atoms with Crippen molar-refractivity contribution in [3.63, 3.8) is 0 Å². The maximum atomic E-state index is 11.7. The van der Waals surface area contributed by atoms with Crippen molar-refractivity contribution in [3.8, 4) is 11.5 Å². The van der Waals surface area contributed by atoms with Gasteiger partial charge in [0.1, 0.15) is 24.1 Å². The van der Waals surface area contributed by atoms with Crippen molar-refractivity contribution in [2.45, 2.75) is 51.5 Å². The Bertz CT molecular complexity index is 1350. The minimum absolute atomic E-state index is 0.263. The van der Waals surface area contributed by atoms with Gasteiger partial charge in [0.15, 0.2) is 11.5 Å². The van der Waals surface area contributed by atoms with E-state index in [4.69, 9.17) is 9.73 Å². The molecule has 5 rings (SSSR count). The van der Waals surface area contributed by atoms with Gasteiger partial charge < -0.3 is 9.64 Å². The van der Waals surface area contributed by atoms with E-state index < -0.39 is 10.1 Å². The molecule has 0 amide bonds. The van der Waals surface area contributed by atoms with Crippen molar-refractivity contribution in [1.82, 2.24) is 4.58 Å². The summed E-state index contributed by atoms with van der Waals surface area (Å²) in [6, 6.07) is 8.13. The summed E-state index contributed by atoms with van der Waals surface area (Å²) in [5.74, 6) is 0.817. The molecule has 0 fully saturated rings. The molecule has 1 atom stereocenters. The number of anilines is 1. The van der Waals surface area contributed by atoms with Gasteiger partial charge in [-0.05, 0) is 51.3 Å². The van der Waals surface area contributed by atoms with Gasteiger partial charge in [0, 0.05) is 42.2 Å². The Morgan fingerprint density at radius 1 is 1.25 bits per heavy atom. The van der Waals surface area contributed by atoms with Crippen molar-refractivity contribution in [1.29, 1.82) is 0 Å². The Balaban J connectivity index is 1.68. The van der Waals surface area contributed by atoms with Crippen LogP contribution in [0.25, 0.3) is 0 Å². The summed E-state index contributed by atoms with van der Waals surface area (Å²) in [5.41, 5.74) is 3.53. The molecule has 32 heavy (non-hydrogen) atoms. The average molecular weight is 457 g/mol. The Labute approximate surface area is 188 Å². The lowest BCUT2D eigenvalue weighted by atomic mass is 9.80. The van der Waals surface area contributed by atoms with Gasteiger partial charge in [-0.15, -0.1) is 0 Å². The Hall–Kier alpha value is -2.45. The molecular formula is C24H30N3O4S+. The monoisotopic (exact) mass is 456 g/mol. The molecule has 0 spiro atoms. The first-order valence-electron chi connectivity index (χ1n) is 11.2. The first kappa shape index (κ1) is 21.4. The fourth-order valence-electron chi connectivity index (χ4n) is 5.36. The highest BCUT2D eigenvalue weighted by molar-refractivity contribution is 7.85. The first-order valence-corrected chi connectivity index (χ1v) is 12.8. The second-order valence-corrected chi connectivity index (χ2v) is 11.2. The van der Waals surface area contributed by atoms with Crippen LogP contribution in [0.5, 0.6) is 11.5 Å². The van der Waals surface area contributed by atoms with Gasteiger partial charge in [-0.2, -0.15) is 8.42 Å². The minimum atomic E-state index is -4.11. The van der Waals surface area contributed by atoms with E-state index in [0.29, 0.717) is 17.9 Å². The average Bonchev–Trinajstić information content (AvgIpc) is 2.72. The van der Waals surface area contributed by atoms with Crippen molar-refractivity contribution in [2.75, 3.05) is 30.8 Å². The smallest absolute Gasteiger partial charge is 0.265 e. The van der Waals surface area contributed by atoms with Gasteiger partial charge in [-0.25, -0.2) is 9.57 Å². The van der Waals surface area contributed by atoms with Crippen molar-refractivity contribution in [3.05, 3.63) is 46.1 Å². The Morgan fingerprint density at radius 2 is 2.03 bits per heavy atom. The molecule has 0 saturated heterocycles. The van der Waals surface area contributed by atoms with Crippen LogP contribution in [0.4, 0.5) is 11.4 Å². The summed E-state index contributed by atoms with van der Waals surface area (Å²) in [5, 5.41) is 2.03. The third kappa shape index (κ3) is 3.59. The van der Waals surface area contributed by atoms with Crippen LogP contribution in [0.3, 0.4) is 0 Å². The molecule has 1 unspecified atom stereocenters. The van der Waals surface area contributed by atoms with Crippen LogP contribution < -0.4 is 24.9 Å². The normalized spacial score (nSPS) is 21.0. The van der Waals surface area contributed by atoms with Crippen molar-refractivity contribution < 1.29 is 17.7 Å². The number of rotatable bonds is 3. The summed E-state index contributed by atoms with van der Waals surface area (Å²) in [6.45, 7) is 8.35. The molecule has 0 aromatic heterocycles. The van der Waals surface area contributed by atoms with E-state index in [2.05, 4.69) is 42.4 Å². The van der Waals surface area contributed by atoms with Crippen LogP contribution in [0.15, 0.2) is 29.3 Å². The fourth-order valence-corrected chi connectivity index (χ4v) is 6.17. The zero-order chi connectivity index (χ0) is 22.8. The molecule has 0 bridgehead atoms. The van der Waals surface area contributed by atoms with E-state index in [9.17, 15) is 13.0 Å². The number of ether oxygens (including phenoxy) is 1. The van der Waals surface area contributed by atoms with E-state index >= 15 is 0 Å². The summed E-state index contributed by atoms with van der Waals surface area (Å²) >= 11 is 0. The van der Waals surface area contributed by atoms with Gasteiger partial charge in [0.2, 0.25) is 5.36 Å². The van der Waals surface area contributed by atoms with Crippen LogP contribution in [-0.2, 0) is 16.5 Å². The zero-order valence-electron chi connectivity index (χ0n) is 19.1. The number of aryl methyl sites for hydroxylation is 1. The molecule has 8 heteroatoms. The molecule has 3 aliphatic heterocycles. The topological polar surface area (TPSA) is 82.2 Å². The van der Waals surface area contributed by atoms with E-state index in [0.717, 1.165) is 48.3 Å². The molecular weight excluding hydrogens is 426 g/mol. The molecule has 170 valence electrons. The predicted molar refractivity (Wildman–Crippen MR) is 125 cm³/mol. The van der Waals surface area contributed by atoms with Crippen LogP contribution >= 0.6 is 0 Å². The van der Waals surface area contributed by atoms with E-state index in [-0.39, 0.29) is 17.2 Å². The zero-order valence-corrected chi connectivity index (χ0v) is 19.9. The summed E-state index contributed by atoms with van der Waals surface area (Å²) in [4.78, 5) is 7.05. The number of hydrogen-bond acceptors (Lipinski definition) is 5. The van der Waals surface area contributed by atoms with Gasteiger partial charge in [-0.3, -0.25) is 4.55 Å². The molecule has 3 aliphatic rings. The lowest BCUT2D eigenvalue weighted by molar-refractivity contribution is 0.387. The summed E-state index contributed by atoms with van der Waals surface area (Å²) in [6.07, 6.45) is 2.78. The maximum Gasteiger partial charge on any atom is 0.265 e.